The van der Waals surface area contributed by atoms with Gasteiger partial charge in [0.2, 0.25) is 0 Å². The smallest absolute Gasteiger partial charge is 0.0758 e. The molecule has 0 radical (unpaired) electrons. The van der Waals surface area contributed by atoms with Crippen molar-refractivity contribution in [2.75, 3.05) is 0 Å². The van der Waals surface area contributed by atoms with Crippen LogP contribution in [0.3, 0.4) is 0 Å². The molecule has 13 heavy (non-hydrogen) atoms. The van der Waals surface area contributed by atoms with Gasteiger partial charge in [-0.15, -0.1) is 11.3 Å². The summed E-state index contributed by atoms with van der Waals surface area (Å²) in [5.74, 6) is 1.50. The van der Waals surface area contributed by atoms with E-state index in [1.165, 1.54) is 15.8 Å². The third-order valence-electron chi connectivity index (χ3n) is 2.68. The highest BCUT2D eigenvalue weighted by atomic mass is 79.9. The molecule has 0 spiro atoms. The molecule has 1 heterocycles. The second-order valence-corrected chi connectivity index (χ2v) is 7.43. The molecule has 2 rings (SSSR count). The highest BCUT2D eigenvalue weighted by molar-refractivity contribution is 9.12. The van der Waals surface area contributed by atoms with Gasteiger partial charge in [0.1, 0.15) is 0 Å². The molecule has 0 amide bonds. The molecule has 4 heteroatoms. The molecule has 1 fully saturated rings. The summed E-state index contributed by atoms with van der Waals surface area (Å²) in [6, 6.07) is 2.34. The van der Waals surface area contributed by atoms with E-state index in [1.54, 1.807) is 11.3 Å². The molecule has 1 nitrogen and oxygen atoms in total. The van der Waals surface area contributed by atoms with Crippen LogP contribution in [-0.2, 0) is 0 Å². The Morgan fingerprint density at radius 3 is 2.62 bits per heavy atom. The van der Waals surface area contributed by atoms with Gasteiger partial charge in [-0.05, 0) is 61.7 Å². The Morgan fingerprint density at radius 2 is 2.23 bits per heavy atom. The second-order valence-electron chi connectivity index (χ2n) is 3.68. The van der Waals surface area contributed by atoms with Gasteiger partial charge in [-0.25, -0.2) is 0 Å². The highest BCUT2D eigenvalue weighted by Crippen LogP contribution is 2.48. The summed E-state index contributed by atoms with van der Waals surface area (Å²) in [6.07, 6.45) is 1.28. The fourth-order valence-electron chi connectivity index (χ4n) is 1.66. The molecule has 1 saturated carbocycles. The molecular formula is C9H11Br2NS. The number of hydrogen-bond acceptors (Lipinski definition) is 2. The molecule has 0 saturated heterocycles. The van der Waals surface area contributed by atoms with Crippen molar-refractivity contribution in [1.29, 1.82) is 0 Å². The molecule has 3 atom stereocenters. The fourth-order valence-corrected chi connectivity index (χ4v) is 4.62. The maximum Gasteiger partial charge on any atom is 0.0758 e. The van der Waals surface area contributed by atoms with Crippen LogP contribution in [0.5, 0.6) is 0 Å². The van der Waals surface area contributed by atoms with E-state index in [9.17, 15) is 0 Å². The summed E-state index contributed by atoms with van der Waals surface area (Å²) >= 11 is 8.71. The molecule has 0 aromatic carbocycles. The first-order valence-electron chi connectivity index (χ1n) is 4.30. The van der Waals surface area contributed by atoms with Crippen LogP contribution in [0.15, 0.2) is 13.6 Å². The Labute approximate surface area is 99.0 Å². The van der Waals surface area contributed by atoms with E-state index in [0.717, 1.165) is 9.70 Å². The van der Waals surface area contributed by atoms with E-state index in [1.807, 2.05) is 0 Å². The van der Waals surface area contributed by atoms with E-state index in [2.05, 4.69) is 44.8 Å². The first kappa shape index (κ1) is 10.1. The van der Waals surface area contributed by atoms with Gasteiger partial charge in [0.15, 0.2) is 0 Å². The maximum atomic E-state index is 6.16. The van der Waals surface area contributed by atoms with E-state index >= 15 is 0 Å². The molecular weight excluding hydrogens is 314 g/mol. The van der Waals surface area contributed by atoms with Crippen molar-refractivity contribution in [3.05, 3.63) is 19.2 Å². The van der Waals surface area contributed by atoms with E-state index in [0.29, 0.717) is 5.92 Å². The Kier molecular flexibility index (Phi) is 2.85. The normalized spacial score (nSPS) is 28.9. The highest BCUT2D eigenvalue weighted by Gasteiger charge is 2.39. The Hall–Kier alpha value is 0.620. The molecule has 72 valence electrons. The minimum absolute atomic E-state index is 0.215. The zero-order valence-corrected chi connectivity index (χ0v) is 11.2. The van der Waals surface area contributed by atoms with E-state index < -0.39 is 0 Å². The Morgan fingerprint density at radius 1 is 1.62 bits per heavy atom. The van der Waals surface area contributed by atoms with Gasteiger partial charge in [0, 0.05) is 6.04 Å². The van der Waals surface area contributed by atoms with Gasteiger partial charge in [0.05, 0.1) is 7.57 Å². The Bertz CT molecular complexity index is 323. The minimum atomic E-state index is 0.215. The summed E-state index contributed by atoms with van der Waals surface area (Å²) in [5, 5.41) is 0. The Balaban J connectivity index is 2.19. The van der Waals surface area contributed by atoms with Crippen molar-refractivity contribution in [2.45, 2.75) is 19.4 Å². The zero-order chi connectivity index (χ0) is 9.59. The van der Waals surface area contributed by atoms with Crippen LogP contribution < -0.4 is 5.73 Å². The summed E-state index contributed by atoms with van der Waals surface area (Å²) in [7, 11) is 0. The molecule has 0 bridgehead atoms. The molecule has 1 aromatic rings. The minimum Gasteiger partial charge on any atom is -0.324 e. The second kappa shape index (κ2) is 3.65. The van der Waals surface area contributed by atoms with Crippen molar-refractivity contribution in [1.82, 2.24) is 0 Å². The number of thiophene rings is 1. The molecule has 3 unspecified atom stereocenters. The van der Waals surface area contributed by atoms with Crippen LogP contribution in [0.4, 0.5) is 0 Å². The fraction of sp³-hybridized carbons (Fsp3) is 0.556. The average molecular weight is 325 g/mol. The van der Waals surface area contributed by atoms with Gasteiger partial charge >= 0.3 is 0 Å². The monoisotopic (exact) mass is 323 g/mol. The lowest BCUT2D eigenvalue weighted by molar-refractivity contribution is 0.593. The topological polar surface area (TPSA) is 26.0 Å². The predicted molar refractivity (Wildman–Crippen MR) is 63.9 cm³/mol. The van der Waals surface area contributed by atoms with E-state index in [4.69, 9.17) is 5.73 Å². The van der Waals surface area contributed by atoms with Crippen molar-refractivity contribution in [3.63, 3.8) is 0 Å². The van der Waals surface area contributed by atoms with Crippen LogP contribution in [0.2, 0.25) is 0 Å². The van der Waals surface area contributed by atoms with Crippen molar-refractivity contribution in [3.8, 4) is 0 Å². The van der Waals surface area contributed by atoms with E-state index in [-0.39, 0.29) is 6.04 Å². The van der Waals surface area contributed by atoms with Crippen LogP contribution >= 0.6 is 43.2 Å². The number of nitrogens with two attached hydrogens (primary N) is 1. The van der Waals surface area contributed by atoms with Gasteiger partial charge in [-0.2, -0.15) is 0 Å². The first-order valence-corrected chi connectivity index (χ1v) is 6.70. The quantitative estimate of drug-likeness (QED) is 0.876. The van der Waals surface area contributed by atoms with Crippen molar-refractivity contribution < 1.29 is 0 Å². The van der Waals surface area contributed by atoms with Gasteiger partial charge in [0.25, 0.3) is 0 Å². The number of hydrogen-bond donors (Lipinski definition) is 1. The standard InChI is InChI=1S/C9H11Br2NS/c1-4-2-5(4)8(12)6-3-7(10)13-9(6)11/h3-5,8H,2,12H2,1H3. The first-order chi connectivity index (χ1) is 6.09. The van der Waals surface area contributed by atoms with Gasteiger partial charge in [-0.3, -0.25) is 0 Å². The largest absolute Gasteiger partial charge is 0.324 e. The number of halogens is 2. The van der Waals surface area contributed by atoms with Crippen molar-refractivity contribution in [2.24, 2.45) is 17.6 Å². The third kappa shape index (κ3) is 2.01. The average Bonchev–Trinajstić information content (AvgIpc) is 2.67. The van der Waals surface area contributed by atoms with Gasteiger partial charge < -0.3 is 5.73 Å². The summed E-state index contributed by atoms with van der Waals surface area (Å²) < 4.78 is 2.32. The summed E-state index contributed by atoms with van der Waals surface area (Å²) in [4.78, 5) is 0. The SMILES string of the molecule is CC1CC1C(N)c1cc(Br)sc1Br. The lowest BCUT2D eigenvalue weighted by Crippen LogP contribution is -2.12. The molecule has 1 aliphatic rings. The van der Waals surface area contributed by atoms with Crippen LogP contribution in [0.25, 0.3) is 0 Å². The zero-order valence-electron chi connectivity index (χ0n) is 7.26. The molecule has 2 N–H and O–H groups in total. The lowest BCUT2D eigenvalue weighted by Gasteiger charge is -2.09. The predicted octanol–water partition coefficient (Wildman–Crippen LogP) is 3.93. The van der Waals surface area contributed by atoms with Crippen LogP contribution in [0.1, 0.15) is 24.9 Å². The third-order valence-corrected chi connectivity index (χ3v) is 5.06. The molecule has 0 aliphatic heterocycles. The van der Waals surface area contributed by atoms with Crippen LogP contribution in [-0.4, -0.2) is 0 Å². The van der Waals surface area contributed by atoms with Gasteiger partial charge in [-0.1, -0.05) is 6.92 Å². The maximum absolute atomic E-state index is 6.16. The van der Waals surface area contributed by atoms with Crippen molar-refractivity contribution >= 4 is 43.2 Å². The van der Waals surface area contributed by atoms with Crippen LogP contribution in [0, 0.1) is 11.8 Å². The molecule has 1 aromatic heterocycles. The number of rotatable bonds is 2. The summed E-state index contributed by atoms with van der Waals surface area (Å²) in [5.41, 5.74) is 7.42. The lowest BCUT2D eigenvalue weighted by atomic mass is 10.1. The summed E-state index contributed by atoms with van der Waals surface area (Å²) in [6.45, 7) is 2.26. The molecule has 1 aliphatic carbocycles.